The van der Waals surface area contributed by atoms with Crippen molar-refractivity contribution in [1.82, 2.24) is 29.4 Å². The molecule has 0 saturated heterocycles. The van der Waals surface area contributed by atoms with Crippen molar-refractivity contribution in [1.29, 1.82) is 0 Å². The van der Waals surface area contributed by atoms with Crippen molar-refractivity contribution in [3.63, 3.8) is 0 Å². The molecular weight excluding hydrogens is 408 g/mol. The number of nitrogens with zero attached hydrogens (tertiary/aromatic N) is 6. The minimum Gasteiger partial charge on any atom is -0.461 e. The normalized spacial score (nSPS) is 15.3. The Morgan fingerprint density at radius 2 is 2.14 bits per heavy atom. The van der Waals surface area contributed by atoms with Gasteiger partial charge in [-0.25, -0.2) is 4.98 Å². The van der Waals surface area contributed by atoms with Crippen molar-refractivity contribution in [3.8, 4) is 11.6 Å². The zero-order valence-corrected chi connectivity index (χ0v) is 17.6. The van der Waals surface area contributed by atoms with E-state index >= 15 is 0 Å². The van der Waals surface area contributed by atoms with Crippen LogP contribution in [0.4, 0.5) is 0 Å². The van der Waals surface area contributed by atoms with E-state index in [4.69, 9.17) is 4.42 Å². The summed E-state index contributed by atoms with van der Waals surface area (Å²) >= 11 is 2.97. The average molecular weight is 429 g/mol. The Balaban J connectivity index is 1.46. The fourth-order valence-electron chi connectivity index (χ4n) is 3.78. The molecule has 0 amide bonds. The molecule has 10 heteroatoms. The van der Waals surface area contributed by atoms with Crippen molar-refractivity contribution in [2.45, 2.75) is 56.0 Å². The molecule has 4 aromatic heterocycles. The number of hydrogen-bond donors (Lipinski definition) is 0. The van der Waals surface area contributed by atoms with Gasteiger partial charge in [0.15, 0.2) is 10.9 Å². The molecule has 150 valence electrons. The van der Waals surface area contributed by atoms with Gasteiger partial charge in [-0.2, -0.15) is 9.61 Å². The summed E-state index contributed by atoms with van der Waals surface area (Å²) < 4.78 is 9.17. The van der Waals surface area contributed by atoms with Crippen LogP contribution in [0.25, 0.3) is 16.5 Å². The fourth-order valence-corrected chi connectivity index (χ4v) is 5.45. The van der Waals surface area contributed by atoms with E-state index in [0.29, 0.717) is 16.8 Å². The van der Waals surface area contributed by atoms with Crippen LogP contribution < -0.4 is 5.56 Å². The van der Waals surface area contributed by atoms with E-state index in [-0.39, 0.29) is 5.56 Å². The quantitative estimate of drug-likeness (QED) is 0.442. The van der Waals surface area contributed by atoms with Crippen LogP contribution in [0.3, 0.4) is 0 Å². The molecule has 0 aromatic carbocycles. The Kier molecular flexibility index (Phi) is 4.96. The summed E-state index contributed by atoms with van der Waals surface area (Å²) in [7, 11) is 0. The molecule has 0 spiro atoms. The lowest BCUT2D eigenvalue weighted by Gasteiger charge is -2.25. The van der Waals surface area contributed by atoms with Crippen molar-refractivity contribution in [3.05, 3.63) is 45.5 Å². The fraction of sp³-hybridized carbons (Fsp3) is 0.421. The van der Waals surface area contributed by atoms with Gasteiger partial charge in [0, 0.05) is 17.9 Å². The molecule has 8 nitrogen and oxygen atoms in total. The average Bonchev–Trinajstić information content (AvgIpc) is 3.46. The summed E-state index contributed by atoms with van der Waals surface area (Å²) in [4.78, 5) is 17.5. The Hall–Kier alpha value is -2.46. The molecule has 4 aromatic rings. The van der Waals surface area contributed by atoms with Crippen LogP contribution in [0.15, 0.2) is 38.8 Å². The van der Waals surface area contributed by atoms with Gasteiger partial charge in [-0.1, -0.05) is 42.4 Å². The van der Waals surface area contributed by atoms with Crippen LogP contribution in [-0.4, -0.2) is 29.4 Å². The van der Waals surface area contributed by atoms with Gasteiger partial charge in [0.2, 0.25) is 10.8 Å². The van der Waals surface area contributed by atoms with Crippen molar-refractivity contribution < 1.29 is 4.42 Å². The highest BCUT2D eigenvalue weighted by Gasteiger charge is 2.25. The van der Waals surface area contributed by atoms with Gasteiger partial charge in [0.25, 0.3) is 5.56 Å². The van der Waals surface area contributed by atoms with Crippen LogP contribution >= 0.6 is 23.1 Å². The van der Waals surface area contributed by atoms with Gasteiger partial charge in [0.05, 0.1) is 12.0 Å². The number of hydrogen-bond acceptors (Lipinski definition) is 8. The number of fused-ring (bicyclic) bond motifs is 1. The zero-order valence-electron chi connectivity index (χ0n) is 15.9. The van der Waals surface area contributed by atoms with E-state index in [9.17, 15) is 4.79 Å². The number of aromatic nitrogens is 6. The van der Waals surface area contributed by atoms with Crippen molar-refractivity contribution >= 4 is 28.1 Å². The van der Waals surface area contributed by atoms with Gasteiger partial charge in [0.1, 0.15) is 5.01 Å². The van der Waals surface area contributed by atoms with Gasteiger partial charge in [-0.3, -0.25) is 9.36 Å². The monoisotopic (exact) mass is 428 g/mol. The minimum atomic E-state index is -0.153. The van der Waals surface area contributed by atoms with E-state index in [1.54, 1.807) is 24.1 Å². The molecule has 29 heavy (non-hydrogen) atoms. The molecule has 0 aliphatic heterocycles. The first-order valence-electron chi connectivity index (χ1n) is 9.67. The molecule has 0 unspecified atom stereocenters. The van der Waals surface area contributed by atoms with E-state index in [2.05, 4.69) is 24.8 Å². The van der Waals surface area contributed by atoms with Crippen LogP contribution in [0.2, 0.25) is 0 Å². The summed E-state index contributed by atoms with van der Waals surface area (Å²) in [5.41, 5.74) is 0.571. The lowest BCUT2D eigenvalue weighted by Crippen LogP contribution is -2.16. The molecule has 1 fully saturated rings. The van der Waals surface area contributed by atoms with Crippen molar-refractivity contribution in [2.75, 3.05) is 0 Å². The van der Waals surface area contributed by atoms with Crippen LogP contribution in [0.5, 0.6) is 0 Å². The lowest BCUT2D eigenvalue weighted by atomic mass is 9.95. The van der Waals surface area contributed by atoms with Crippen LogP contribution in [0.1, 0.15) is 48.8 Å². The molecule has 0 bridgehead atoms. The Bertz CT molecular complexity index is 1190. The highest BCUT2D eigenvalue weighted by molar-refractivity contribution is 7.98. The van der Waals surface area contributed by atoms with E-state index in [0.717, 1.165) is 40.3 Å². The molecule has 1 aliphatic carbocycles. The maximum atomic E-state index is 12.3. The summed E-state index contributed by atoms with van der Waals surface area (Å²) in [5, 5.41) is 14.7. The third-order valence-corrected chi connectivity index (χ3v) is 6.89. The van der Waals surface area contributed by atoms with Gasteiger partial charge >= 0.3 is 0 Å². The molecular formula is C19H20N6O2S2. The molecule has 1 saturated carbocycles. The number of rotatable bonds is 5. The van der Waals surface area contributed by atoms with Gasteiger partial charge < -0.3 is 4.42 Å². The Morgan fingerprint density at radius 1 is 1.28 bits per heavy atom. The molecule has 0 radical (unpaired) electrons. The number of aryl methyl sites for hydroxylation is 1. The minimum absolute atomic E-state index is 0.153. The van der Waals surface area contributed by atoms with Crippen LogP contribution in [0, 0.1) is 6.92 Å². The highest BCUT2D eigenvalue weighted by Crippen LogP contribution is 2.36. The number of thioether (sulfide) groups is 1. The molecule has 5 rings (SSSR count). The second-order valence-corrected chi connectivity index (χ2v) is 9.24. The molecule has 1 aliphatic rings. The summed E-state index contributed by atoms with van der Waals surface area (Å²) in [6.07, 6.45) is 7.59. The lowest BCUT2D eigenvalue weighted by molar-refractivity contribution is 0.337. The van der Waals surface area contributed by atoms with E-state index in [1.165, 1.54) is 35.1 Å². The first kappa shape index (κ1) is 18.6. The predicted molar refractivity (Wildman–Crippen MR) is 111 cm³/mol. The largest absolute Gasteiger partial charge is 0.461 e. The first-order chi connectivity index (χ1) is 14.2. The third kappa shape index (κ3) is 3.62. The standard InChI is InChI=1S/C19H20N6O2S2/c1-12-23-25-16(26)10-13(20-18(25)29-12)11-28-19-22-21-17(15-8-5-9-27-15)24(19)14-6-3-2-4-7-14/h5,8-10,14H,2-4,6-7,11H2,1H3. The molecule has 4 heterocycles. The van der Waals surface area contributed by atoms with Gasteiger partial charge in [-0.15, -0.1) is 10.2 Å². The summed E-state index contributed by atoms with van der Waals surface area (Å²) in [6, 6.07) is 5.70. The summed E-state index contributed by atoms with van der Waals surface area (Å²) in [6.45, 7) is 1.87. The maximum absolute atomic E-state index is 12.3. The number of furan rings is 1. The Labute approximate surface area is 175 Å². The smallest absolute Gasteiger partial charge is 0.275 e. The van der Waals surface area contributed by atoms with Crippen LogP contribution in [-0.2, 0) is 5.75 Å². The second kappa shape index (κ2) is 7.75. The third-order valence-electron chi connectivity index (χ3n) is 5.09. The SMILES string of the molecule is Cc1nn2c(=O)cc(CSc3nnc(-c4ccco4)n3C3CCCCC3)nc2s1. The summed E-state index contributed by atoms with van der Waals surface area (Å²) in [5.74, 6) is 2.05. The van der Waals surface area contributed by atoms with Crippen molar-refractivity contribution in [2.24, 2.45) is 0 Å². The van der Waals surface area contributed by atoms with E-state index in [1.807, 2.05) is 19.1 Å². The zero-order chi connectivity index (χ0) is 19.8. The molecule has 0 atom stereocenters. The topological polar surface area (TPSA) is 91.1 Å². The maximum Gasteiger partial charge on any atom is 0.275 e. The highest BCUT2D eigenvalue weighted by atomic mass is 32.2. The van der Waals surface area contributed by atoms with Gasteiger partial charge in [-0.05, 0) is 31.9 Å². The first-order valence-corrected chi connectivity index (χ1v) is 11.5. The Morgan fingerprint density at radius 3 is 2.93 bits per heavy atom. The predicted octanol–water partition coefficient (Wildman–Crippen LogP) is 4.11. The second-order valence-electron chi connectivity index (χ2n) is 7.14. The van der Waals surface area contributed by atoms with E-state index < -0.39 is 0 Å². The molecule has 0 N–H and O–H groups in total.